The minimum atomic E-state index is -0.862. The lowest BCUT2D eigenvalue weighted by Crippen LogP contribution is -2.42. The summed E-state index contributed by atoms with van der Waals surface area (Å²) in [6.45, 7) is -0.0127. The summed E-state index contributed by atoms with van der Waals surface area (Å²) in [4.78, 5) is 68.9. The first kappa shape index (κ1) is 31.8. The number of thioether (sulfide) groups is 1. The highest BCUT2D eigenvalue weighted by Crippen LogP contribution is 2.69. The number of hydrogen-bond acceptors (Lipinski definition) is 9. The second kappa shape index (κ2) is 12.7. The van der Waals surface area contributed by atoms with Gasteiger partial charge in [0.1, 0.15) is 11.5 Å². The fourth-order valence-corrected chi connectivity index (χ4v) is 11.2. The Morgan fingerprint density at radius 1 is 1.02 bits per heavy atom. The third-order valence-corrected chi connectivity index (χ3v) is 12.7. The number of halogens is 1. The van der Waals surface area contributed by atoms with Crippen molar-refractivity contribution in [3.8, 4) is 11.5 Å². The highest BCUT2D eigenvalue weighted by molar-refractivity contribution is 8.00. The van der Waals surface area contributed by atoms with E-state index >= 15 is 0 Å². The van der Waals surface area contributed by atoms with Crippen molar-refractivity contribution in [3.05, 3.63) is 67.6 Å². The quantitative estimate of drug-likeness (QED) is 0.123. The number of carboxylic acid groups (broad SMARTS) is 1. The molecule has 4 N–H and O–H groups in total. The molecule has 3 aromatic rings. The summed E-state index contributed by atoms with van der Waals surface area (Å²) >= 11 is 9.25. The number of hydrogen-bond donors (Lipinski definition) is 4. The number of aromatic nitrogens is 1. The number of rotatable bonds is 11. The van der Waals surface area contributed by atoms with E-state index in [0.29, 0.717) is 35.7 Å². The van der Waals surface area contributed by atoms with Gasteiger partial charge in [-0.3, -0.25) is 28.9 Å². The second-order valence-electron chi connectivity index (χ2n) is 12.6. The molecule has 11 nitrogen and oxygen atoms in total. The van der Waals surface area contributed by atoms with E-state index in [1.165, 1.54) is 17.0 Å². The number of carbonyl (C=O) groups is 4. The molecule has 2 aliphatic heterocycles. The Labute approximate surface area is 282 Å². The number of amides is 3. The van der Waals surface area contributed by atoms with Gasteiger partial charge in [0.05, 0.1) is 16.9 Å². The largest absolute Gasteiger partial charge is 0.508 e. The van der Waals surface area contributed by atoms with Gasteiger partial charge in [0.15, 0.2) is 6.61 Å². The van der Waals surface area contributed by atoms with Gasteiger partial charge >= 0.3 is 10.8 Å². The lowest BCUT2D eigenvalue weighted by molar-refractivity contribution is -0.141. The van der Waals surface area contributed by atoms with Crippen LogP contribution in [0.4, 0.5) is 5.69 Å². The number of phenols is 1. The number of thiazole rings is 1. The Hall–Kier alpha value is -3.81. The van der Waals surface area contributed by atoms with E-state index in [2.05, 4.69) is 10.3 Å². The van der Waals surface area contributed by atoms with Crippen molar-refractivity contribution in [1.29, 1.82) is 0 Å². The molecule has 2 aliphatic carbocycles. The van der Waals surface area contributed by atoms with Gasteiger partial charge < -0.3 is 25.3 Å². The zero-order chi connectivity index (χ0) is 33.0. The zero-order valence-electron chi connectivity index (χ0n) is 25.0. The molecular formula is C33H32ClN3O8S2. The fourth-order valence-electron chi connectivity index (χ4n) is 8.15. The summed E-state index contributed by atoms with van der Waals surface area (Å²) in [6.07, 6.45) is 2.46. The highest BCUT2D eigenvalue weighted by atomic mass is 35.5. The summed E-state index contributed by atoms with van der Waals surface area (Å²) in [5.41, 5.74) is 1.22. The maximum Gasteiger partial charge on any atom is 0.305 e. The molecule has 0 radical (unpaired) electrons. The van der Waals surface area contributed by atoms with E-state index < -0.39 is 23.7 Å². The van der Waals surface area contributed by atoms with E-state index in [0.717, 1.165) is 33.2 Å². The molecule has 246 valence electrons. The third-order valence-electron chi connectivity index (χ3n) is 9.90. The summed E-state index contributed by atoms with van der Waals surface area (Å²) in [5.74, 6) is -2.48. The average molecular weight is 698 g/mol. The number of carboxylic acids is 1. The first-order valence-corrected chi connectivity index (χ1v) is 17.7. The van der Waals surface area contributed by atoms with E-state index in [9.17, 15) is 29.1 Å². The Balaban J connectivity index is 1.16. The van der Waals surface area contributed by atoms with E-state index in [4.69, 9.17) is 21.4 Å². The predicted octanol–water partition coefficient (Wildman–Crippen LogP) is 4.93. The number of aromatic amines is 1. The Kier molecular flexibility index (Phi) is 8.56. The van der Waals surface area contributed by atoms with Crippen LogP contribution in [0, 0.1) is 29.6 Å². The molecule has 47 heavy (non-hydrogen) atoms. The molecule has 1 aromatic heterocycles. The first-order chi connectivity index (χ1) is 22.6. The molecule has 3 fully saturated rings. The molecule has 2 bridgehead atoms. The zero-order valence-corrected chi connectivity index (χ0v) is 27.4. The fraction of sp³-hybridized carbons (Fsp3) is 0.424. The number of benzene rings is 2. The SMILES string of the molecule is O=C(O)CCCCCN1C(=O)C2C3CC(C2C1=O)C1C3Sc2[nH]c(=O)sc2[C@@H]1c1cc(Cl)ccc1OCC(=O)Nc1ccc(O)cc1. The van der Waals surface area contributed by atoms with Crippen molar-refractivity contribution in [2.75, 3.05) is 18.5 Å². The van der Waals surface area contributed by atoms with Crippen molar-refractivity contribution in [1.82, 2.24) is 9.88 Å². The van der Waals surface area contributed by atoms with Crippen LogP contribution >= 0.6 is 34.7 Å². The Bertz CT molecular complexity index is 1810. The normalized spacial score (nSPS) is 27.0. The number of imide groups is 1. The number of likely N-dealkylation sites (tertiary alicyclic amines) is 1. The number of nitrogens with zero attached hydrogens (tertiary/aromatic N) is 1. The van der Waals surface area contributed by atoms with Crippen LogP contribution in [0.15, 0.2) is 52.3 Å². The van der Waals surface area contributed by atoms with Gasteiger partial charge in [-0.2, -0.15) is 0 Å². The van der Waals surface area contributed by atoms with Crippen molar-refractivity contribution in [3.63, 3.8) is 0 Å². The minimum absolute atomic E-state index is 0.0270. The van der Waals surface area contributed by atoms with Gasteiger partial charge in [-0.15, -0.1) is 11.8 Å². The standard InChI is InChI=1S/C33H32ClN3O8S2/c34-15-5-10-21(45-14-22(39)35-16-6-8-17(38)9-7-16)18(12-15)24-25-19-13-20(28(25)46-30-29(24)47-33(44)36-30)27-26(19)31(42)37(32(27)43)11-3-1-2-4-23(40)41/h5-10,12,19-20,24-28,38H,1-4,11,13-14H2,(H,35,39)(H,36,44)(H,40,41)/t19?,20?,24-,25?,26?,27?,28?/m1/s1. The van der Waals surface area contributed by atoms with Crippen LogP contribution in [-0.4, -0.2) is 62.2 Å². The maximum atomic E-state index is 13.8. The molecule has 7 rings (SSSR count). The predicted molar refractivity (Wildman–Crippen MR) is 175 cm³/mol. The summed E-state index contributed by atoms with van der Waals surface area (Å²) < 4.78 is 6.10. The topological polar surface area (TPSA) is 166 Å². The van der Waals surface area contributed by atoms with Crippen LogP contribution in [0.3, 0.4) is 0 Å². The maximum absolute atomic E-state index is 13.8. The average Bonchev–Trinajstić information content (AvgIpc) is 3.77. The van der Waals surface area contributed by atoms with Crippen LogP contribution in [0.25, 0.3) is 0 Å². The van der Waals surface area contributed by atoms with Gasteiger partial charge in [-0.1, -0.05) is 29.4 Å². The summed E-state index contributed by atoms with van der Waals surface area (Å²) in [6, 6.07) is 11.3. The number of aliphatic carboxylic acids is 1. The number of aromatic hydroxyl groups is 1. The molecule has 3 heterocycles. The van der Waals surface area contributed by atoms with E-state index in [-0.39, 0.29) is 70.9 Å². The molecule has 3 amide bonds. The van der Waals surface area contributed by atoms with Gasteiger partial charge in [0.2, 0.25) is 11.8 Å². The number of H-pyrrole nitrogens is 1. The van der Waals surface area contributed by atoms with Gasteiger partial charge in [0.25, 0.3) is 5.91 Å². The first-order valence-electron chi connectivity index (χ1n) is 15.6. The summed E-state index contributed by atoms with van der Waals surface area (Å²) in [7, 11) is 0. The number of phenolic OH excluding ortho intramolecular Hbond substituents is 1. The number of unbranched alkanes of at least 4 members (excludes halogenated alkanes) is 2. The molecule has 4 aliphatic rings. The number of fused-ring (bicyclic) bond motifs is 9. The van der Waals surface area contributed by atoms with Crippen LogP contribution in [0.2, 0.25) is 5.02 Å². The molecular weight excluding hydrogens is 666 g/mol. The van der Waals surface area contributed by atoms with E-state index in [1.54, 1.807) is 42.1 Å². The molecule has 2 saturated carbocycles. The van der Waals surface area contributed by atoms with Crippen molar-refractivity contribution in [2.24, 2.45) is 29.6 Å². The molecule has 7 atom stereocenters. The van der Waals surface area contributed by atoms with Gasteiger partial charge in [-0.05, 0) is 79.5 Å². The Morgan fingerprint density at radius 2 is 1.77 bits per heavy atom. The molecule has 1 saturated heterocycles. The molecule has 0 spiro atoms. The molecule has 14 heteroatoms. The molecule has 2 aromatic carbocycles. The third kappa shape index (κ3) is 5.82. The van der Waals surface area contributed by atoms with Crippen molar-refractivity contribution >= 4 is 64.1 Å². The van der Waals surface area contributed by atoms with Crippen LogP contribution in [0.1, 0.15) is 48.5 Å². The second-order valence-corrected chi connectivity index (χ2v) is 15.2. The number of ether oxygens (including phenoxy) is 1. The van der Waals surface area contributed by atoms with Crippen molar-refractivity contribution in [2.45, 2.75) is 48.3 Å². The summed E-state index contributed by atoms with van der Waals surface area (Å²) in [5, 5.41) is 22.4. The lowest BCUT2D eigenvalue weighted by Gasteiger charge is -2.43. The minimum Gasteiger partial charge on any atom is -0.508 e. The number of nitrogens with one attached hydrogen (secondary N) is 2. The number of anilines is 1. The molecule has 6 unspecified atom stereocenters. The van der Waals surface area contributed by atoms with Crippen molar-refractivity contribution < 1.29 is 34.1 Å². The monoisotopic (exact) mass is 697 g/mol. The van der Waals surface area contributed by atoms with Gasteiger partial charge in [0, 0.05) is 45.3 Å². The van der Waals surface area contributed by atoms with Gasteiger partial charge in [-0.25, -0.2) is 0 Å². The smallest absolute Gasteiger partial charge is 0.305 e. The lowest BCUT2D eigenvalue weighted by atomic mass is 9.68. The Morgan fingerprint density at radius 3 is 2.51 bits per heavy atom. The number of carbonyl (C=O) groups excluding carboxylic acids is 3. The van der Waals surface area contributed by atoms with Crippen LogP contribution < -0.4 is 14.9 Å². The highest BCUT2D eigenvalue weighted by Gasteiger charge is 2.69. The van der Waals surface area contributed by atoms with E-state index in [1.807, 2.05) is 0 Å². The van der Waals surface area contributed by atoms with Crippen LogP contribution in [-0.2, 0) is 19.2 Å². The van der Waals surface area contributed by atoms with Crippen LogP contribution in [0.5, 0.6) is 11.5 Å².